The molecule has 4 amide bonds. The molecule has 8 rings (SSSR count). The summed E-state index contributed by atoms with van der Waals surface area (Å²) < 4.78 is 23.5. The largest absolute Gasteiger partial charge is 0.508 e. The normalized spacial score (nSPS) is 15.3. The average molecular weight is 1100 g/mol. The van der Waals surface area contributed by atoms with Gasteiger partial charge in [0.2, 0.25) is 17.7 Å². The molecule has 0 radical (unpaired) electrons. The van der Waals surface area contributed by atoms with Crippen LogP contribution in [0.4, 0.5) is 0 Å². The number of amides is 4. The third kappa shape index (κ3) is 14.7. The van der Waals surface area contributed by atoms with Gasteiger partial charge in [-0.1, -0.05) is 57.2 Å². The Kier molecular flexibility index (Phi) is 19.1. The lowest BCUT2D eigenvalue weighted by atomic mass is 9.85. The van der Waals surface area contributed by atoms with Crippen molar-refractivity contribution in [3.05, 3.63) is 143 Å². The maximum Gasteiger partial charge on any atom is 0.271 e. The molecule has 3 heterocycles. The van der Waals surface area contributed by atoms with Crippen LogP contribution in [0.3, 0.4) is 0 Å². The zero-order valence-corrected chi connectivity index (χ0v) is 45.7. The van der Waals surface area contributed by atoms with Gasteiger partial charge in [-0.2, -0.15) is 5.10 Å². The van der Waals surface area contributed by atoms with Gasteiger partial charge in [0.25, 0.3) is 5.91 Å². The first-order chi connectivity index (χ1) is 37.5. The molecule has 5 aromatic carbocycles. The fraction of sp³-hybridized carbons (Fsp3) is 0.322. The number of phenolic OH excluding ortho intramolecular Hbond substituents is 2. The molecule has 1 saturated heterocycles. The highest BCUT2D eigenvalue weighted by Gasteiger charge is 2.44. The van der Waals surface area contributed by atoms with Crippen molar-refractivity contribution in [2.24, 2.45) is 10.5 Å². The van der Waals surface area contributed by atoms with Crippen LogP contribution >= 0.6 is 22.7 Å². The highest BCUT2D eigenvalue weighted by Crippen LogP contribution is 2.46. The predicted molar refractivity (Wildman–Crippen MR) is 302 cm³/mol. The van der Waals surface area contributed by atoms with Crippen molar-refractivity contribution < 1.29 is 53.4 Å². The number of rotatable bonds is 23. The number of phenols is 2. The first-order valence-electron chi connectivity index (χ1n) is 25.6. The van der Waals surface area contributed by atoms with E-state index in [1.807, 2.05) is 113 Å². The number of β-amino-alcohol motifs (C(OH)–C–C–N with tert-alkyl or cyclic N) is 1. The molecule has 0 spiro atoms. The monoisotopic (exact) mass is 1100 g/mol. The summed E-state index contributed by atoms with van der Waals surface area (Å²) in [6, 6.07) is 32.3. The van der Waals surface area contributed by atoms with Gasteiger partial charge in [-0.15, -0.1) is 22.7 Å². The van der Waals surface area contributed by atoms with Crippen LogP contribution in [0.5, 0.6) is 17.2 Å². The SMILES string of the molecule is Cc1ncsc1-c1ccc(C(C)NC(=O)C2CC(O)CN2C(=O)C(NC(=O)COCCOCCOCCOc2ccc(C=NNC(=O)c3cccc(-c4c(-c5ccc(O)cc5)sc5cc(O)ccc45)c3)cc2)C(C)(C)C)cc1. The Morgan fingerprint density at radius 2 is 1.46 bits per heavy atom. The molecule has 1 fully saturated rings. The van der Waals surface area contributed by atoms with Crippen LogP contribution in [0.1, 0.15) is 67.3 Å². The number of aliphatic hydroxyl groups excluding tert-OH is 1. The van der Waals surface area contributed by atoms with Crippen LogP contribution in [0, 0.1) is 12.3 Å². The number of aliphatic hydroxyl groups is 1. The van der Waals surface area contributed by atoms with Crippen LogP contribution in [-0.2, 0) is 28.6 Å². The molecular weight excluding hydrogens is 1030 g/mol. The number of nitrogens with one attached hydrogen (secondary N) is 3. The van der Waals surface area contributed by atoms with Gasteiger partial charge in [0.05, 0.1) is 67.5 Å². The lowest BCUT2D eigenvalue weighted by molar-refractivity contribution is -0.144. The summed E-state index contributed by atoms with van der Waals surface area (Å²) >= 11 is 3.09. The maximum absolute atomic E-state index is 14.0. The van der Waals surface area contributed by atoms with E-state index in [0.29, 0.717) is 37.7 Å². The van der Waals surface area contributed by atoms with Gasteiger partial charge in [0, 0.05) is 39.1 Å². The summed E-state index contributed by atoms with van der Waals surface area (Å²) in [5.74, 6) is -0.783. The van der Waals surface area contributed by atoms with Crippen molar-refractivity contribution in [2.75, 3.05) is 52.8 Å². The van der Waals surface area contributed by atoms with Crippen LogP contribution in [0.15, 0.2) is 126 Å². The molecule has 0 bridgehead atoms. The number of hydrogen-bond acceptors (Lipinski definition) is 15. The van der Waals surface area contributed by atoms with E-state index >= 15 is 0 Å². The lowest BCUT2D eigenvalue weighted by Crippen LogP contribution is -2.58. The number of carbonyl (C=O) groups is 4. The number of thiophene rings is 1. The minimum absolute atomic E-state index is 0.0345. The minimum Gasteiger partial charge on any atom is -0.508 e. The van der Waals surface area contributed by atoms with E-state index in [0.717, 1.165) is 58.9 Å². The molecule has 7 aromatic rings. The molecule has 17 nitrogen and oxygen atoms in total. The fourth-order valence-electron chi connectivity index (χ4n) is 8.93. The second kappa shape index (κ2) is 26.2. The number of fused-ring (bicyclic) bond motifs is 1. The first kappa shape index (κ1) is 56.7. The van der Waals surface area contributed by atoms with Crippen molar-refractivity contribution in [3.63, 3.8) is 0 Å². The Morgan fingerprint density at radius 1 is 0.795 bits per heavy atom. The molecule has 1 aliphatic rings. The smallest absolute Gasteiger partial charge is 0.271 e. The van der Waals surface area contributed by atoms with Gasteiger partial charge in [0.1, 0.15) is 42.5 Å². The van der Waals surface area contributed by atoms with Gasteiger partial charge in [0.15, 0.2) is 0 Å². The number of carbonyl (C=O) groups excluding carboxylic acids is 4. The van der Waals surface area contributed by atoms with Crippen LogP contribution in [0.25, 0.3) is 42.1 Å². The van der Waals surface area contributed by atoms with Crippen molar-refractivity contribution in [3.8, 4) is 49.3 Å². The fourth-order valence-corrected chi connectivity index (χ4v) is 11.0. The number of ether oxygens (including phenoxy) is 4. The predicted octanol–water partition coefficient (Wildman–Crippen LogP) is 8.64. The molecule has 78 heavy (non-hydrogen) atoms. The Hall–Kier alpha value is -7.52. The molecule has 0 aliphatic carbocycles. The first-order valence-corrected chi connectivity index (χ1v) is 27.3. The molecule has 2 aromatic heterocycles. The van der Waals surface area contributed by atoms with E-state index in [4.69, 9.17) is 18.9 Å². The summed E-state index contributed by atoms with van der Waals surface area (Å²) in [7, 11) is 0. The lowest BCUT2D eigenvalue weighted by Gasteiger charge is -2.35. The summed E-state index contributed by atoms with van der Waals surface area (Å²) in [6.07, 6.45) is 0.724. The zero-order chi connectivity index (χ0) is 55.3. The van der Waals surface area contributed by atoms with Crippen LogP contribution in [-0.4, -0.2) is 126 Å². The van der Waals surface area contributed by atoms with Crippen LogP contribution in [0.2, 0.25) is 0 Å². The molecule has 6 N–H and O–H groups in total. The Balaban J connectivity index is 0.699. The summed E-state index contributed by atoms with van der Waals surface area (Å²) in [5.41, 5.74) is 10.4. The second-order valence-corrected chi connectivity index (χ2v) is 21.8. The van der Waals surface area contributed by atoms with Crippen molar-refractivity contribution in [2.45, 2.75) is 65.3 Å². The number of aromatic nitrogens is 1. The standard InChI is InChI=1S/C59H64N6O11S2/c1-36(39-11-13-40(14-12-39)53-37(2)60-35-77-53)62-57(71)49-30-46(68)33-65(49)58(72)55(59(3,4)5)63-51(69)34-75-26-25-73-23-24-74-27-28-76-47-20-9-38(10-21-47)32-61-64-56(70)43-8-6-7-42(29-43)52-48-22-19-45(67)31-50(48)78-54(52)41-15-17-44(66)18-16-41/h6-22,29,31-32,35-36,46,49,55,66-68H,23-28,30,33-34H2,1-5H3,(H,62,71)(H,63,69)(H,64,70). The number of hydrogen-bond donors (Lipinski definition) is 6. The van der Waals surface area contributed by atoms with E-state index in [9.17, 15) is 34.5 Å². The molecular formula is C59H64N6O11S2. The van der Waals surface area contributed by atoms with E-state index in [1.54, 1.807) is 53.8 Å². The molecule has 4 unspecified atom stereocenters. The summed E-state index contributed by atoms with van der Waals surface area (Å²) in [6.45, 7) is 10.5. The zero-order valence-electron chi connectivity index (χ0n) is 44.1. The number of aryl methyl sites for hydroxylation is 1. The minimum atomic E-state index is -0.989. The van der Waals surface area contributed by atoms with Gasteiger partial charge in [-0.3, -0.25) is 19.2 Å². The van der Waals surface area contributed by atoms with Crippen LogP contribution < -0.4 is 20.8 Å². The Morgan fingerprint density at radius 3 is 2.15 bits per heavy atom. The Bertz CT molecular complexity index is 3210. The van der Waals surface area contributed by atoms with E-state index < -0.39 is 35.4 Å². The number of nitrogens with zero attached hydrogens (tertiary/aromatic N) is 3. The summed E-state index contributed by atoms with van der Waals surface area (Å²) in [4.78, 5) is 61.7. The number of aromatic hydroxyl groups is 2. The molecule has 1 aliphatic heterocycles. The highest BCUT2D eigenvalue weighted by molar-refractivity contribution is 7.23. The van der Waals surface area contributed by atoms with Crippen molar-refractivity contribution in [1.29, 1.82) is 0 Å². The van der Waals surface area contributed by atoms with E-state index in [-0.39, 0.29) is 62.1 Å². The molecule has 4 atom stereocenters. The summed E-state index contributed by atoms with van der Waals surface area (Å²) in [5, 5.41) is 41.6. The third-order valence-electron chi connectivity index (χ3n) is 13.0. The second-order valence-electron chi connectivity index (χ2n) is 19.9. The van der Waals surface area contributed by atoms with Gasteiger partial charge >= 0.3 is 0 Å². The number of likely N-dealkylation sites (tertiary alicyclic amines) is 1. The molecule has 0 saturated carbocycles. The number of hydrazone groups is 1. The molecule has 408 valence electrons. The molecule has 19 heteroatoms. The quantitative estimate of drug-likeness (QED) is 0.0201. The van der Waals surface area contributed by atoms with Crippen molar-refractivity contribution in [1.82, 2.24) is 25.9 Å². The maximum atomic E-state index is 14.0. The third-order valence-corrected chi connectivity index (χ3v) is 15.2. The average Bonchev–Trinajstić information content (AvgIpc) is 4.23. The highest BCUT2D eigenvalue weighted by atomic mass is 32.1. The number of benzene rings is 5. The van der Waals surface area contributed by atoms with E-state index in [1.165, 1.54) is 22.5 Å². The van der Waals surface area contributed by atoms with Crippen molar-refractivity contribution >= 4 is 62.6 Å². The van der Waals surface area contributed by atoms with Gasteiger partial charge < -0.3 is 49.8 Å². The van der Waals surface area contributed by atoms with E-state index in [2.05, 4.69) is 26.1 Å². The topological polar surface area (TPSA) is 230 Å². The van der Waals surface area contributed by atoms with Gasteiger partial charge in [-0.25, -0.2) is 10.4 Å². The Labute approximate surface area is 460 Å². The number of thiazole rings is 1. The van der Waals surface area contributed by atoms with Gasteiger partial charge in [-0.05, 0) is 126 Å².